The van der Waals surface area contributed by atoms with E-state index in [1.807, 2.05) is 0 Å². The van der Waals surface area contributed by atoms with E-state index in [4.69, 9.17) is 20.4 Å². The van der Waals surface area contributed by atoms with Crippen LogP contribution in [0.5, 0.6) is 0 Å². The van der Waals surface area contributed by atoms with Gasteiger partial charge in [-0.05, 0) is 12.1 Å². The molecule has 0 aliphatic heterocycles. The number of unbranched alkanes of at least 4 members (excludes halogenated alkanes) is 8. The van der Waals surface area contributed by atoms with Crippen LogP contribution in [0.15, 0.2) is 12.1 Å². The summed E-state index contributed by atoms with van der Waals surface area (Å²) in [5, 5.41) is 35.0. The molecule has 0 aliphatic carbocycles. The molecule has 0 bridgehead atoms. The zero-order valence-corrected chi connectivity index (χ0v) is 36.5. The van der Waals surface area contributed by atoms with E-state index in [0.29, 0.717) is 12.1 Å². The second-order valence-corrected chi connectivity index (χ2v) is 25.0. The van der Waals surface area contributed by atoms with Crippen LogP contribution in [-0.4, -0.2) is 93.6 Å². The summed E-state index contributed by atoms with van der Waals surface area (Å²) in [6.45, 7) is 18.9. The van der Waals surface area contributed by atoms with Crippen LogP contribution in [-0.2, 0) is 0 Å². The van der Waals surface area contributed by atoms with Crippen LogP contribution in [0, 0.1) is 0 Å². The minimum Gasteiger partial charge on any atom is -0.478 e. The van der Waals surface area contributed by atoms with Crippen LogP contribution in [0.2, 0.25) is 0 Å². The van der Waals surface area contributed by atoms with Gasteiger partial charge in [0.1, 0.15) is 0 Å². The topological polar surface area (TPSA) is 149 Å². The Kier molecular flexibility index (Phi) is 31.4. The summed E-state index contributed by atoms with van der Waals surface area (Å²) in [6, 6.07) is 1.02. The summed E-state index contributed by atoms with van der Waals surface area (Å²) in [4.78, 5) is 43.1. The first kappa shape index (κ1) is 52.1. The van der Waals surface area contributed by atoms with Gasteiger partial charge in [0.05, 0.1) is 22.3 Å². The van der Waals surface area contributed by atoms with Crippen molar-refractivity contribution in [3.8, 4) is 0 Å². The molecule has 4 N–H and O–H groups in total. The predicted octanol–water partition coefficient (Wildman–Crippen LogP) is 12.4. The van der Waals surface area contributed by atoms with Crippen LogP contribution >= 0.6 is 14.5 Å². The fraction of sp³-hybridized carbons (Fsp3) is 0.762. The third kappa shape index (κ3) is 21.6. The third-order valence-electron chi connectivity index (χ3n) is 10.6. The van der Waals surface area contributed by atoms with E-state index in [2.05, 4.69) is 55.4 Å². The fourth-order valence-electron chi connectivity index (χ4n) is 7.22. The van der Waals surface area contributed by atoms with Crippen molar-refractivity contribution in [2.24, 2.45) is 0 Å². The van der Waals surface area contributed by atoms with Gasteiger partial charge in [0.25, 0.3) is 0 Å². The zero-order chi connectivity index (χ0) is 40.0. The van der Waals surface area contributed by atoms with E-state index < -0.39 is 60.7 Å². The monoisotopic (exact) mass is 775 g/mol. The summed E-state index contributed by atoms with van der Waals surface area (Å²) in [6.07, 6.45) is 36.3. The average molecular weight is 775 g/mol. The first-order chi connectivity index (χ1) is 24.7. The van der Waals surface area contributed by atoms with Gasteiger partial charge in [-0.25, -0.2) is 19.2 Å². The molecule has 52 heavy (non-hydrogen) atoms. The second-order valence-electron chi connectivity index (χ2n) is 15.0. The standard InChI is InChI=1S/2C16H37P.C10H6O8/c2*1-5-9-13-17(14-10-6-2,15-11-7-3)16-12-8-4;11-7(12)3-1-4(8(13)14)6(10(17)18)2-5(3)9(15)16/h2*17H,5-16H2,1-4H3;1-2H,(H,11,12)(H,13,14)(H,15,16)(H,17,18). The Morgan fingerprint density at radius 2 is 0.481 bits per heavy atom. The van der Waals surface area contributed by atoms with E-state index in [1.165, 1.54) is 103 Å². The smallest absolute Gasteiger partial charge is 0.336 e. The largest absolute Gasteiger partial charge is 0.478 e. The number of carboxylic acid groups (broad SMARTS) is 4. The van der Waals surface area contributed by atoms with Crippen LogP contribution in [0.1, 0.15) is 200 Å². The van der Waals surface area contributed by atoms with Crippen molar-refractivity contribution in [1.29, 1.82) is 0 Å². The maximum Gasteiger partial charge on any atom is 0.336 e. The second kappa shape index (κ2) is 31.3. The first-order valence-electron chi connectivity index (χ1n) is 20.9. The molecule has 1 rings (SSSR count). The van der Waals surface area contributed by atoms with Crippen LogP contribution in [0.25, 0.3) is 0 Å². The van der Waals surface area contributed by atoms with Crippen molar-refractivity contribution < 1.29 is 39.6 Å². The molecule has 0 radical (unpaired) electrons. The normalized spacial score (nSPS) is 11.8. The van der Waals surface area contributed by atoms with Gasteiger partial charge in [-0.1, -0.05) is 0 Å². The molecule has 0 unspecified atom stereocenters. The minimum absolute atomic E-state index is 0.511. The molecular formula is C42H80O8P2. The van der Waals surface area contributed by atoms with Gasteiger partial charge in [0.15, 0.2) is 0 Å². The molecular weight excluding hydrogens is 694 g/mol. The predicted molar refractivity (Wildman–Crippen MR) is 229 cm³/mol. The quantitative estimate of drug-likeness (QED) is 0.0615. The molecule has 0 saturated heterocycles. The van der Waals surface area contributed by atoms with E-state index in [-0.39, 0.29) is 0 Å². The summed E-state index contributed by atoms with van der Waals surface area (Å²) in [5.74, 6) is -6.64. The Hall–Kier alpha value is -2.04. The maximum absolute atomic E-state index is 10.8. The molecule has 10 heteroatoms. The molecule has 0 spiro atoms. The van der Waals surface area contributed by atoms with Crippen molar-refractivity contribution in [2.45, 2.75) is 158 Å². The Labute approximate surface area is 319 Å². The van der Waals surface area contributed by atoms with Gasteiger partial charge in [0.2, 0.25) is 0 Å². The van der Waals surface area contributed by atoms with Crippen molar-refractivity contribution in [2.75, 3.05) is 49.3 Å². The van der Waals surface area contributed by atoms with Crippen molar-refractivity contribution in [1.82, 2.24) is 0 Å². The van der Waals surface area contributed by atoms with E-state index in [0.717, 1.165) is 0 Å². The number of carbonyl (C=O) groups is 4. The molecule has 0 atom stereocenters. The molecule has 1 aromatic rings. The van der Waals surface area contributed by atoms with Gasteiger partial charge in [0, 0.05) is 0 Å². The van der Waals surface area contributed by atoms with E-state index >= 15 is 0 Å². The third-order valence-corrected chi connectivity index (χ3v) is 21.9. The molecule has 8 nitrogen and oxygen atoms in total. The Bertz CT molecular complexity index is 928. The van der Waals surface area contributed by atoms with Crippen molar-refractivity contribution in [3.63, 3.8) is 0 Å². The van der Waals surface area contributed by atoms with E-state index in [9.17, 15) is 19.2 Å². The SMILES string of the molecule is CCCC[PH](CCCC)(CCCC)CCCC.CCCC[PH](CCCC)(CCCC)CCCC.O=C(O)c1cc(C(=O)O)c(C(=O)O)cc1C(=O)O. The van der Waals surface area contributed by atoms with Crippen LogP contribution in [0.4, 0.5) is 0 Å². The zero-order valence-electron chi connectivity index (χ0n) is 34.5. The number of benzene rings is 1. The van der Waals surface area contributed by atoms with Gasteiger partial charge in [-0.2, -0.15) is 0 Å². The number of aromatic carboxylic acids is 4. The minimum atomic E-state index is -1.66. The van der Waals surface area contributed by atoms with Crippen molar-refractivity contribution in [3.05, 3.63) is 34.4 Å². The summed E-state index contributed by atoms with van der Waals surface area (Å²) in [7, 11) is -1.76. The molecule has 0 aromatic heterocycles. The van der Waals surface area contributed by atoms with Gasteiger partial charge in [-0.3, -0.25) is 0 Å². The summed E-state index contributed by atoms with van der Waals surface area (Å²) in [5.41, 5.74) is -3.15. The molecule has 0 fully saturated rings. The van der Waals surface area contributed by atoms with Gasteiger partial charge >= 0.3 is 246 Å². The van der Waals surface area contributed by atoms with Gasteiger partial charge in [-0.15, -0.1) is 0 Å². The molecule has 0 amide bonds. The average Bonchev–Trinajstić information content (AvgIpc) is 3.13. The van der Waals surface area contributed by atoms with Crippen molar-refractivity contribution >= 4 is 38.4 Å². The van der Waals surface area contributed by atoms with Crippen LogP contribution in [0.3, 0.4) is 0 Å². The Morgan fingerprint density at radius 3 is 0.577 bits per heavy atom. The number of hydrogen-bond donors (Lipinski definition) is 4. The van der Waals surface area contributed by atoms with Gasteiger partial charge < -0.3 is 20.4 Å². The Balaban J connectivity index is 0. The number of carboxylic acids is 4. The summed E-state index contributed by atoms with van der Waals surface area (Å²) < 4.78 is 0. The molecule has 306 valence electrons. The van der Waals surface area contributed by atoms with Crippen LogP contribution < -0.4 is 0 Å². The molecule has 0 saturated carbocycles. The summed E-state index contributed by atoms with van der Waals surface area (Å²) >= 11 is 0. The fourth-order valence-corrected chi connectivity index (χ4v) is 19.1. The molecule has 1 aromatic carbocycles. The Morgan fingerprint density at radius 1 is 0.346 bits per heavy atom. The molecule has 0 aliphatic rings. The number of rotatable bonds is 28. The van der Waals surface area contributed by atoms with E-state index in [1.54, 1.807) is 49.3 Å². The first-order valence-corrected chi connectivity index (χ1v) is 26.5. The number of hydrogen-bond acceptors (Lipinski definition) is 4. The molecule has 0 heterocycles. The maximum atomic E-state index is 10.8.